The summed E-state index contributed by atoms with van der Waals surface area (Å²) in [6.07, 6.45) is 1.34. The molecule has 0 aliphatic carbocycles. The summed E-state index contributed by atoms with van der Waals surface area (Å²) in [4.78, 5) is 0.164. The summed E-state index contributed by atoms with van der Waals surface area (Å²) in [5, 5.41) is 0. The molecule has 2 aromatic carbocycles. The second-order valence-electron chi connectivity index (χ2n) is 3.55. The molecule has 5 heteroatoms. The van der Waals surface area contributed by atoms with E-state index in [4.69, 9.17) is 0 Å². The fourth-order valence-corrected chi connectivity index (χ4v) is 3.22. The van der Waals surface area contributed by atoms with E-state index in [0.29, 0.717) is 4.47 Å². The second kappa shape index (κ2) is 5.46. The maximum Gasteiger partial charge on any atom is 0.283 e. The monoisotopic (exact) mass is 323 g/mol. The summed E-state index contributed by atoms with van der Waals surface area (Å²) in [6, 6.07) is 15.7. The molecule has 92 valence electrons. The number of hydrogen-bond donors (Lipinski definition) is 0. The summed E-state index contributed by atoms with van der Waals surface area (Å²) in [7, 11) is -3.67. The van der Waals surface area contributed by atoms with Gasteiger partial charge in [0.05, 0.1) is 0 Å². The van der Waals surface area contributed by atoms with Crippen LogP contribution in [0.2, 0.25) is 0 Å². The van der Waals surface area contributed by atoms with Gasteiger partial charge in [-0.05, 0) is 33.6 Å². The molecule has 0 radical (unpaired) electrons. The van der Waals surface area contributed by atoms with Gasteiger partial charge in [-0.3, -0.25) is 0 Å². The molecule has 3 nitrogen and oxygen atoms in total. The number of hydrogen-bond acceptors (Lipinski definition) is 2. The molecule has 18 heavy (non-hydrogen) atoms. The van der Waals surface area contributed by atoms with E-state index < -0.39 is 10.0 Å². The zero-order valence-corrected chi connectivity index (χ0v) is 11.7. The largest absolute Gasteiger partial charge is 0.283 e. The lowest BCUT2D eigenvalue weighted by atomic mass is 10.2. The highest BCUT2D eigenvalue weighted by Gasteiger charge is 2.14. The predicted octanol–water partition coefficient (Wildman–Crippen LogP) is 3.26. The Labute approximate surface area is 114 Å². The van der Waals surface area contributed by atoms with Crippen LogP contribution in [-0.2, 0) is 10.0 Å². The lowest BCUT2D eigenvalue weighted by molar-refractivity contribution is 0.597. The third-order valence-corrected chi connectivity index (χ3v) is 4.50. The molecule has 0 unspecified atom stereocenters. The Morgan fingerprint density at radius 1 is 0.944 bits per heavy atom. The molecule has 2 rings (SSSR count). The number of nitrogens with zero attached hydrogens (tertiary/aromatic N) is 1. The third kappa shape index (κ3) is 3.05. The van der Waals surface area contributed by atoms with Gasteiger partial charge < -0.3 is 0 Å². The van der Waals surface area contributed by atoms with Crippen molar-refractivity contribution in [2.24, 2.45) is 4.40 Å². The molecule has 0 saturated carbocycles. The predicted molar refractivity (Wildman–Crippen MR) is 75.4 cm³/mol. The normalized spacial score (nSPS) is 11.8. The van der Waals surface area contributed by atoms with Gasteiger partial charge in [0.25, 0.3) is 10.0 Å². The van der Waals surface area contributed by atoms with Crippen molar-refractivity contribution in [1.29, 1.82) is 0 Å². The van der Waals surface area contributed by atoms with Gasteiger partial charge >= 0.3 is 0 Å². The first-order valence-corrected chi connectivity index (χ1v) is 7.43. The summed E-state index contributed by atoms with van der Waals surface area (Å²) in [5.74, 6) is 0. The van der Waals surface area contributed by atoms with E-state index in [2.05, 4.69) is 20.3 Å². The van der Waals surface area contributed by atoms with Crippen LogP contribution in [0.5, 0.6) is 0 Å². The van der Waals surface area contributed by atoms with Crippen LogP contribution in [0.1, 0.15) is 5.56 Å². The fourth-order valence-electron chi connectivity index (χ4n) is 1.38. The fraction of sp³-hybridized carbons (Fsp3) is 0. The van der Waals surface area contributed by atoms with E-state index in [1.54, 1.807) is 30.3 Å². The van der Waals surface area contributed by atoms with E-state index in [9.17, 15) is 8.42 Å². The van der Waals surface area contributed by atoms with Gasteiger partial charge in [0.15, 0.2) is 0 Å². The third-order valence-electron chi connectivity index (χ3n) is 2.25. The molecule has 0 heterocycles. The van der Waals surface area contributed by atoms with Crippen molar-refractivity contribution >= 4 is 32.2 Å². The Morgan fingerprint density at radius 2 is 1.56 bits per heavy atom. The molecule has 0 atom stereocenters. The van der Waals surface area contributed by atoms with Crippen molar-refractivity contribution in [2.75, 3.05) is 0 Å². The number of halogens is 1. The topological polar surface area (TPSA) is 46.5 Å². The minimum atomic E-state index is -3.67. The highest BCUT2D eigenvalue weighted by atomic mass is 79.9. The molecule has 0 aliphatic heterocycles. The maximum atomic E-state index is 12.0. The van der Waals surface area contributed by atoms with E-state index in [1.807, 2.05) is 18.2 Å². The van der Waals surface area contributed by atoms with Crippen LogP contribution >= 0.6 is 15.9 Å². The van der Waals surface area contributed by atoms with Crippen LogP contribution in [0.15, 0.2) is 68.4 Å². The van der Waals surface area contributed by atoms with Crippen molar-refractivity contribution in [3.63, 3.8) is 0 Å². The first-order chi connectivity index (χ1) is 8.59. The van der Waals surface area contributed by atoms with Crippen LogP contribution in [-0.4, -0.2) is 14.6 Å². The quantitative estimate of drug-likeness (QED) is 0.814. The van der Waals surface area contributed by atoms with Crippen molar-refractivity contribution in [2.45, 2.75) is 4.90 Å². The van der Waals surface area contributed by atoms with Crippen LogP contribution < -0.4 is 0 Å². The minimum absolute atomic E-state index is 0.164. The van der Waals surface area contributed by atoms with Gasteiger partial charge in [0, 0.05) is 10.7 Å². The average Bonchev–Trinajstić information content (AvgIpc) is 2.38. The number of rotatable bonds is 3. The Hall–Kier alpha value is -1.46. The Morgan fingerprint density at radius 3 is 2.22 bits per heavy atom. The summed E-state index contributed by atoms with van der Waals surface area (Å²) < 4.78 is 28.2. The van der Waals surface area contributed by atoms with Gasteiger partial charge in [-0.2, -0.15) is 12.8 Å². The highest BCUT2D eigenvalue weighted by Crippen LogP contribution is 2.22. The van der Waals surface area contributed by atoms with Crippen molar-refractivity contribution in [3.8, 4) is 0 Å². The molecule has 2 aromatic rings. The van der Waals surface area contributed by atoms with Crippen molar-refractivity contribution in [1.82, 2.24) is 0 Å². The first kappa shape index (κ1) is 13.0. The molecule has 0 fully saturated rings. The zero-order chi connectivity index (χ0) is 13.0. The average molecular weight is 324 g/mol. The van der Waals surface area contributed by atoms with Gasteiger partial charge in [-0.1, -0.05) is 42.5 Å². The van der Waals surface area contributed by atoms with E-state index in [-0.39, 0.29) is 4.90 Å². The van der Waals surface area contributed by atoms with Crippen molar-refractivity contribution in [3.05, 3.63) is 64.6 Å². The van der Waals surface area contributed by atoms with Gasteiger partial charge in [-0.15, -0.1) is 0 Å². The Kier molecular flexibility index (Phi) is 3.93. The van der Waals surface area contributed by atoms with E-state index in [1.165, 1.54) is 12.3 Å². The Bertz CT molecular complexity index is 666. The van der Waals surface area contributed by atoms with Gasteiger partial charge in [-0.25, -0.2) is 0 Å². The van der Waals surface area contributed by atoms with Crippen LogP contribution in [0.4, 0.5) is 0 Å². The molecule has 0 aromatic heterocycles. The molecule has 0 N–H and O–H groups in total. The van der Waals surface area contributed by atoms with Crippen LogP contribution in [0.25, 0.3) is 0 Å². The van der Waals surface area contributed by atoms with Crippen LogP contribution in [0.3, 0.4) is 0 Å². The first-order valence-electron chi connectivity index (χ1n) is 5.19. The molecular formula is C13H10BrNO2S. The summed E-state index contributed by atoms with van der Waals surface area (Å²) in [5.41, 5.74) is 0.744. The van der Waals surface area contributed by atoms with Crippen LogP contribution in [0, 0.1) is 0 Å². The highest BCUT2D eigenvalue weighted by molar-refractivity contribution is 9.10. The smallest absolute Gasteiger partial charge is 0.199 e. The standard InChI is InChI=1S/C13H10BrNO2S/c14-12-8-4-5-9-13(12)18(16,17)15-10-11-6-2-1-3-7-11/h1-10H/b15-10-. The lowest BCUT2D eigenvalue weighted by Gasteiger charge is -2.00. The summed E-state index contributed by atoms with van der Waals surface area (Å²) >= 11 is 3.21. The number of benzene rings is 2. The van der Waals surface area contributed by atoms with Gasteiger partial charge in [0.2, 0.25) is 0 Å². The second-order valence-corrected chi connectivity index (χ2v) is 6.01. The van der Waals surface area contributed by atoms with Crippen molar-refractivity contribution < 1.29 is 8.42 Å². The zero-order valence-electron chi connectivity index (χ0n) is 9.32. The molecule has 0 spiro atoms. The molecule has 0 bridgehead atoms. The molecule has 0 amide bonds. The Balaban J connectivity index is 2.34. The molecular weight excluding hydrogens is 314 g/mol. The summed E-state index contributed by atoms with van der Waals surface area (Å²) in [6.45, 7) is 0. The molecule has 0 saturated heterocycles. The SMILES string of the molecule is O=S(=O)(/N=C\c1ccccc1)c1ccccc1Br. The lowest BCUT2D eigenvalue weighted by Crippen LogP contribution is -1.98. The van der Waals surface area contributed by atoms with Gasteiger partial charge in [0.1, 0.15) is 4.90 Å². The van der Waals surface area contributed by atoms with E-state index >= 15 is 0 Å². The molecule has 0 aliphatic rings. The van der Waals surface area contributed by atoms with E-state index in [0.717, 1.165) is 5.56 Å². The number of sulfonamides is 1. The maximum absolute atomic E-state index is 12.0. The minimum Gasteiger partial charge on any atom is -0.199 e.